The summed E-state index contributed by atoms with van der Waals surface area (Å²) in [7, 11) is 0. The summed E-state index contributed by atoms with van der Waals surface area (Å²) in [5.41, 5.74) is 6.04. The van der Waals surface area contributed by atoms with Gasteiger partial charge in [0.05, 0.1) is 6.04 Å². The summed E-state index contributed by atoms with van der Waals surface area (Å²) in [6, 6.07) is 0.225. The van der Waals surface area contributed by atoms with Gasteiger partial charge in [0.2, 0.25) is 5.91 Å². The zero-order valence-electron chi connectivity index (χ0n) is 11.8. The SMILES string of the molecule is CC1CN(C(C)C(=O)N2CCCCCC2)CC1N. The van der Waals surface area contributed by atoms with Crippen molar-refractivity contribution in [2.75, 3.05) is 26.2 Å². The van der Waals surface area contributed by atoms with Crippen LogP contribution in [0.15, 0.2) is 0 Å². The maximum Gasteiger partial charge on any atom is 0.239 e. The second kappa shape index (κ2) is 6.02. The fraction of sp³-hybridized carbons (Fsp3) is 0.929. The van der Waals surface area contributed by atoms with E-state index in [9.17, 15) is 4.79 Å². The van der Waals surface area contributed by atoms with Crippen molar-refractivity contribution in [3.63, 3.8) is 0 Å². The van der Waals surface area contributed by atoms with Gasteiger partial charge in [-0.1, -0.05) is 19.8 Å². The first-order valence-corrected chi connectivity index (χ1v) is 7.38. The topological polar surface area (TPSA) is 49.6 Å². The Bertz CT molecular complexity index is 277. The molecule has 0 aromatic rings. The van der Waals surface area contributed by atoms with Crippen LogP contribution < -0.4 is 5.73 Å². The van der Waals surface area contributed by atoms with Crippen LogP contribution in [-0.4, -0.2) is 54.0 Å². The van der Waals surface area contributed by atoms with Crippen LogP contribution >= 0.6 is 0 Å². The Balaban J connectivity index is 1.91. The molecule has 0 radical (unpaired) electrons. The van der Waals surface area contributed by atoms with Crippen LogP contribution in [0.1, 0.15) is 39.5 Å². The molecule has 4 nitrogen and oxygen atoms in total. The van der Waals surface area contributed by atoms with E-state index in [-0.39, 0.29) is 12.1 Å². The minimum atomic E-state index is -0.000833. The minimum Gasteiger partial charge on any atom is -0.341 e. The van der Waals surface area contributed by atoms with E-state index in [2.05, 4.69) is 16.7 Å². The molecule has 18 heavy (non-hydrogen) atoms. The first-order valence-electron chi connectivity index (χ1n) is 7.38. The smallest absolute Gasteiger partial charge is 0.239 e. The van der Waals surface area contributed by atoms with Crippen LogP contribution in [0.3, 0.4) is 0 Å². The number of nitrogens with zero attached hydrogens (tertiary/aromatic N) is 2. The van der Waals surface area contributed by atoms with Crippen molar-refractivity contribution in [2.45, 2.75) is 51.6 Å². The highest BCUT2D eigenvalue weighted by molar-refractivity contribution is 5.81. The Kier molecular flexibility index (Phi) is 4.62. The highest BCUT2D eigenvalue weighted by Gasteiger charge is 2.34. The predicted molar refractivity (Wildman–Crippen MR) is 73.2 cm³/mol. The Labute approximate surface area is 110 Å². The van der Waals surface area contributed by atoms with Gasteiger partial charge in [0, 0.05) is 32.2 Å². The van der Waals surface area contributed by atoms with Gasteiger partial charge in [-0.15, -0.1) is 0 Å². The third-order valence-electron chi connectivity index (χ3n) is 4.52. The molecule has 4 heteroatoms. The molecule has 2 aliphatic rings. The van der Waals surface area contributed by atoms with Crippen molar-refractivity contribution < 1.29 is 4.79 Å². The molecule has 2 aliphatic heterocycles. The minimum absolute atomic E-state index is 0.000833. The van der Waals surface area contributed by atoms with E-state index in [4.69, 9.17) is 5.73 Å². The highest BCUT2D eigenvalue weighted by atomic mass is 16.2. The van der Waals surface area contributed by atoms with E-state index in [1.165, 1.54) is 12.8 Å². The molecule has 0 aromatic carbocycles. The standard InChI is InChI=1S/C14H27N3O/c1-11-9-17(10-13(11)15)12(2)14(18)16-7-5-3-4-6-8-16/h11-13H,3-10,15H2,1-2H3. The molecule has 0 aromatic heterocycles. The summed E-state index contributed by atoms with van der Waals surface area (Å²) in [4.78, 5) is 16.8. The Hall–Kier alpha value is -0.610. The number of likely N-dealkylation sites (tertiary alicyclic amines) is 2. The molecule has 0 spiro atoms. The molecular weight excluding hydrogens is 226 g/mol. The molecule has 0 bridgehead atoms. The summed E-state index contributed by atoms with van der Waals surface area (Å²) >= 11 is 0. The summed E-state index contributed by atoms with van der Waals surface area (Å²) < 4.78 is 0. The number of hydrogen-bond acceptors (Lipinski definition) is 3. The molecule has 2 heterocycles. The molecule has 3 atom stereocenters. The Morgan fingerprint density at radius 2 is 1.78 bits per heavy atom. The highest BCUT2D eigenvalue weighted by Crippen LogP contribution is 2.19. The van der Waals surface area contributed by atoms with Gasteiger partial charge in [0.1, 0.15) is 0 Å². The van der Waals surface area contributed by atoms with E-state index in [1.54, 1.807) is 0 Å². The summed E-state index contributed by atoms with van der Waals surface area (Å²) in [6.07, 6.45) is 4.86. The van der Waals surface area contributed by atoms with Crippen LogP contribution in [0.2, 0.25) is 0 Å². The van der Waals surface area contributed by atoms with Gasteiger partial charge >= 0.3 is 0 Å². The van der Waals surface area contributed by atoms with Gasteiger partial charge in [0.15, 0.2) is 0 Å². The number of carbonyl (C=O) groups is 1. The molecule has 104 valence electrons. The van der Waals surface area contributed by atoms with E-state index in [0.29, 0.717) is 11.8 Å². The first-order chi connectivity index (χ1) is 8.59. The molecule has 3 unspecified atom stereocenters. The first kappa shape index (κ1) is 13.8. The predicted octanol–water partition coefficient (Wildman–Crippen LogP) is 1.06. The van der Waals surface area contributed by atoms with E-state index in [1.807, 2.05) is 6.92 Å². The maximum absolute atomic E-state index is 12.5. The van der Waals surface area contributed by atoms with Crippen LogP contribution in [0.25, 0.3) is 0 Å². The summed E-state index contributed by atoms with van der Waals surface area (Å²) in [5.74, 6) is 0.808. The van der Waals surface area contributed by atoms with Gasteiger partial charge < -0.3 is 10.6 Å². The van der Waals surface area contributed by atoms with Crippen LogP contribution in [0.4, 0.5) is 0 Å². The molecule has 1 amide bonds. The second-order valence-electron chi connectivity index (χ2n) is 6.01. The Morgan fingerprint density at radius 3 is 2.28 bits per heavy atom. The zero-order chi connectivity index (χ0) is 13.1. The molecule has 2 saturated heterocycles. The van der Waals surface area contributed by atoms with E-state index < -0.39 is 0 Å². The lowest BCUT2D eigenvalue weighted by Crippen LogP contribution is -2.47. The zero-order valence-corrected chi connectivity index (χ0v) is 11.8. The van der Waals surface area contributed by atoms with E-state index in [0.717, 1.165) is 39.0 Å². The summed E-state index contributed by atoms with van der Waals surface area (Å²) in [6.45, 7) is 7.92. The van der Waals surface area contributed by atoms with Crippen LogP contribution in [0.5, 0.6) is 0 Å². The van der Waals surface area contributed by atoms with Gasteiger partial charge in [-0.2, -0.15) is 0 Å². The third kappa shape index (κ3) is 3.04. The molecule has 2 fully saturated rings. The van der Waals surface area contributed by atoms with Gasteiger partial charge in [0.25, 0.3) is 0 Å². The van der Waals surface area contributed by atoms with Crippen molar-refractivity contribution in [1.82, 2.24) is 9.80 Å². The molecular formula is C14H27N3O. The lowest BCUT2D eigenvalue weighted by molar-refractivity contribution is -0.136. The largest absolute Gasteiger partial charge is 0.341 e. The summed E-state index contributed by atoms with van der Waals surface area (Å²) in [5, 5.41) is 0. The quantitative estimate of drug-likeness (QED) is 0.800. The monoisotopic (exact) mass is 253 g/mol. The average Bonchev–Trinajstić information content (AvgIpc) is 2.61. The van der Waals surface area contributed by atoms with Crippen molar-refractivity contribution in [3.8, 4) is 0 Å². The fourth-order valence-corrected chi connectivity index (χ4v) is 3.06. The molecule has 2 rings (SSSR count). The number of nitrogens with two attached hydrogens (primary N) is 1. The van der Waals surface area contributed by atoms with Gasteiger partial charge in [-0.25, -0.2) is 0 Å². The van der Waals surface area contributed by atoms with Crippen molar-refractivity contribution in [2.24, 2.45) is 11.7 Å². The number of amides is 1. The molecule has 0 aliphatic carbocycles. The number of rotatable bonds is 2. The Morgan fingerprint density at radius 1 is 1.17 bits per heavy atom. The lowest BCUT2D eigenvalue weighted by atomic mass is 10.1. The fourth-order valence-electron chi connectivity index (χ4n) is 3.06. The lowest BCUT2D eigenvalue weighted by Gasteiger charge is -2.29. The number of carbonyl (C=O) groups excluding carboxylic acids is 1. The van der Waals surface area contributed by atoms with Crippen LogP contribution in [-0.2, 0) is 4.79 Å². The third-order valence-corrected chi connectivity index (χ3v) is 4.52. The average molecular weight is 253 g/mol. The van der Waals surface area contributed by atoms with E-state index >= 15 is 0 Å². The second-order valence-corrected chi connectivity index (χ2v) is 6.01. The number of hydrogen-bond donors (Lipinski definition) is 1. The maximum atomic E-state index is 12.5. The van der Waals surface area contributed by atoms with Crippen LogP contribution in [0, 0.1) is 5.92 Å². The molecule has 0 saturated carbocycles. The van der Waals surface area contributed by atoms with Crippen molar-refractivity contribution in [1.29, 1.82) is 0 Å². The van der Waals surface area contributed by atoms with Gasteiger partial charge in [-0.05, 0) is 25.7 Å². The molecule has 2 N–H and O–H groups in total. The normalized spacial score (nSPS) is 32.3. The van der Waals surface area contributed by atoms with Crippen molar-refractivity contribution >= 4 is 5.91 Å². The van der Waals surface area contributed by atoms with Crippen molar-refractivity contribution in [3.05, 3.63) is 0 Å². The van der Waals surface area contributed by atoms with Gasteiger partial charge in [-0.3, -0.25) is 9.69 Å².